The van der Waals surface area contributed by atoms with Crippen LogP contribution in [0.1, 0.15) is 47.8 Å². The Balaban J connectivity index is 1.77. The van der Waals surface area contributed by atoms with Crippen molar-refractivity contribution >= 4 is 17.5 Å². The number of aryl methyl sites for hydroxylation is 2. The van der Waals surface area contributed by atoms with Crippen LogP contribution in [0.15, 0.2) is 60.9 Å². The van der Waals surface area contributed by atoms with Crippen molar-refractivity contribution in [3.8, 4) is 0 Å². The number of hydrogen-bond acceptors (Lipinski definition) is 4. The van der Waals surface area contributed by atoms with Crippen LogP contribution in [0.4, 0.5) is 11.6 Å². The SMILES string of the molecule is CCc1cccc(C)c1NC(=O)c1cnc(N(Cc2ccccc2)C(C)C)nc1. The molecule has 0 unspecified atom stereocenters. The Bertz CT molecular complexity index is 952. The summed E-state index contributed by atoms with van der Waals surface area (Å²) in [7, 11) is 0. The fourth-order valence-electron chi connectivity index (χ4n) is 3.24. The highest BCUT2D eigenvalue weighted by Gasteiger charge is 2.16. The molecule has 2 aromatic carbocycles. The molecule has 1 N–H and O–H groups in total. The van der Waals surface area contributed by atoms with Gasteiger partial charge in [-0.15, -0.1) is 0 Å². The first-order chi connectivity index (χ1) is 14.0. The topological polar surface area (TPSA) is 58.1 Å². The highest BCUT2D eigenvalue weighted by molar-refractivity contribution is 6.04. The Kier molecular flexibility index (Phi) is 6.60. The van der Waals surface area contributed by atoms with Crippen molar-refractivity contribution in [3.05, 3.63) is 83.2 Å². The van der Waals surface area contributed by atoms with Crippen LogP contribution in [0, 0.1) is 6.92 Å². The molecule has 0 saturated heterocycles. The minimum atomic E-state index is -0.195. The molecule has 1 amide bonds. The summed E-state index contributed by atoms with van der Waals surface area (Å²) in [5, 5.41) is 3.02. The molecule has 150 valence electrons. The first-order valence-electron chi connectivity index (χ1n) is 10.0. The van der Waals surface area contributed by atoms with E-state index in [1.165, 1.54) is 5.56 Å². The lowest BCUT2D eigenvalue weighted by Gasteiger charge is -2.26. The molecule has 0 atom stereocenters. The van der Waals surface area contributed by atoms with Crippen LogP contribution >= 0.6 is 0 Å². The zero-order valence-corrected chi connectivity index (χ0v) is 17.5. The van der Waals surface area contributed by atoms with E-state index >= 15 is 0 Å². The van der Waals surface area contributed by atoms with E-state index in [9.17, 15) is 4.79 Å². The van der Waals surface area contributed by atoms with Gasteiger partial charge in [0.1, 0.15) is 0 Å². The van der Waals surface area contributed by atoms with E-state index in [0.29, 0.717) is 18.1 Å². The lowest BCUT2D eigenvalue weighted by molar-refractivity contribution is 0.102. The Labute approximate surface area is 172 Å². The number of aromatic nitrogens is 2. The second kappa shape index (κ2) is 9.32. The van der Waals surface area contributed by atoms with Gasteiger partial charge in [-0.3, -0.25) is 4.79 Å². The van der Waals surface area contributed by atoms with E-state index in [1.807, 2.05) is 43.3 Å². The molecule has 0 aliphatic heterocycles. The van der Waals surface area contributed by atoms with Gasteiger partial charge >= 0.3 is 0 Å². The number of rotatable bonds is 7. The van der Waals surface area contributed by atoms with Gasteiger partial charge in [-0.05, 0) is 43.9 Å². The molecule has 0 aliphatic carbocycles. The molecule has 5 heteroatoms. The average Bonchev–Trinajstić information content (AvgIpc) is 2.74. The molecule has 1 aromatic heterocycles. The number of nitrogens with one attached hydrogen (secondary N) is 1. The summed E-state index contributed by atoms with van der Waals surface area (Å²) in [5.74, 6) is 0.422. The molecule has 0 bridgehead atoms. The predicted molar refractivity (Wildman–Crippen MR) is 118 cm³/mol. The fraction of sp³-hybridized carbons (Fsp3) is 0.292. The second-order valence-corrected chi connectivity index (χ2v) is 7.40. The highest BCUT2D eigenvalue weighted by atomic mass is 16.1. The molecule has 1 heterocycles. The van der Waals surface area contributed by atoms with Crippen molar-refractivity contribution in [1.29, 1.82) is 0 Å². The third-order valence-electron chi connectivity index (χ3n) is 4.95. The van der Waals surface area contributed by atoms with Gasteiger partial charge in [-0.25, -0.2) is 9.97 Å². The van der Waals surface area contributed by atoms with Crippen molar-refractivity contribution < 1.29 is 4.79 Å². The van der Waals surface area contributed by atoms with Gasteiger partial charge in [0.05, 0.1) is 5.56 Å². The van der Waals surface area contributed by atoms with E-state index in [-0.39, 0.29) is 11.9 Å². The number of amides is 1. The van der Waals surface area contributed by atoms with Crippen LogP contribution in [0.5, 0.6) is 0 Å². The lowest BCUT2D eigenvalue weighted by atomic mass is 10.1. The smallest absolute Gasteiger partial charge is 0.258 e. The van der Waals surface area contributed by atoms with Gasteiger partial charge in [0.15, 0.2) is 0 Å². The van der Waals surface area contributed by atoms with Gasteiger partial charge in [-0.1, -0.05) is 55.5 Å². The van der Waals surface area contributed by atoms with Crippen molar-refractivity contribution in [2.24, 2.45) is 0 Å². The summed E-state index contributed by atoms with van der Waals surface area (Å²) in [4.78, 5) is 23.8. The minimum Gasteiger partial charge on any atom is -0.334 e. The summed E-state index contributed by atoms with van der Waals surface area (Å²) in [6, 6.07) is 16.5. The quantitative estimate of drug-likeness (QED) is 0.618. The Morgan fingerprint density at radius 3 is 2.34 bits per heavy atom. The van der Waals surface area contributed by atoms with Crippen LogP contribution in [0.3, 0.4) is 0 Å². The van der Waals surface area contributed by atoms with Crippen LogP contribution < -0.4 is 10.2 Å². The summed E-state index contributed by atoms with van der Waals surface area (Å²) >= 11 is 0. The molecule has 29 heavy (non-hydrogen) atoms. The van der Waals surface area contributed by atoms with Crippen LogP contribution in [-0.2, 0) is 13.0 Å². The number of carbonyl (C=O) groups excluding carboxylic acids is 1. The largest absolute Gasteiger partial charge is 0.334 e. The number of hydrogen-bond donors (Lipinski definition) is 1. The Morgan fingerprint density at radius 2 is 1.72 bits per heavy atom. The van der Waals surface area contributed by atoms with Gasteiger partial charge in [0.2, 0.25) is 5.95 Å². The van der Waals surface area contributed by atoms with Crippen molar-refractivity contribution in [3.63, 3.8) is 0 Å². The van der Waals surface area contributed by atoms with Gasteiger partial charge in [-0.2, -0.15) is 0 Å². The first-order valence-corrected chi connectivity index (χ1v) is 10.0. The zero-order chi connectivity index (χ0) is 20.8. The Morgan fingerprint density at radius 1 is 1.03 bits per heavy atom. The standard InChI is InChI=1S/C24H28N4O/c1-5-20-13-9-10-18(4)22(20)27-23(29)21-14-25-24(26-15-21)28(17(2)3)16-19-11-7-6-8-12-19/h6-15,17H,5,16H2,1-4H3,(H,27,29). The third kappa shape index (κ3) is 4.99. The van der Waals surface area contributed by atoms with E-state index < -0.39 is 0 Å². The normalized spacial score (nSPS) is 10.8. The molecular weight excluding hydrogens is 360 g/mol. The van der Waals surface area contributed by atoms with Crippen molar-refractivity contribution in [2.45, 2.75) is 46.7 Å². The number of anilines is 2. The molecule has 0 aliphatic rings. The summed E-state index contributed by atoms with van der Waals surface area (Å²) in [5.41, 5.74) is 4.67. The summed E-state index contributed by atoms with van der Waals surface area (Å²) < 4.78 is 0. The number of nitrogens with zero attached hydrogens (tertiary/aromatic N) is 3. The van der Waals surface area contributed by atoms with E-state index in [2.05, 4.69) is 53.1 Å². The summed E-state index contributed by atoms with van der Waals surface area (Å²) in [6.07, 6.45) is 4.05. The molecule has 5 nitrogen and oxygen atoms in total. The van der Waals surface area contributed by atoms with Gasteiger partial charge in [0, 0.05) is 30.7 Å². The van der Waals surface area contributed by atoms with E-state index in [4.69, 9.17) is 0 Å². The molecule has 0 spiro atoms. The fourth-order valence-corrected chi connectivity index (χ4v) is 3.24. The third-order valence-corrected chi connectivity index (χ3v) is 4.95. The first kappa shape index (κ1) is 20.5. The monoisotopic (exact) mass is 388 g/mol. The number of carbonyl (C=O) groups is 1. The highest BCUT2D eigenvalue weighted by Crippen LogP contribution is 2.22. The summed E-state index contributed by atoms with van der Waals surface area (Å²) in [6.45, 7) is 9.01. The lowest BCUT2D eigenvalue weighted by Crippen LogP contribution is -2.32. The van der Waals surface area contributed by atoms with Crippen molar-refractivity contribution in [1.82, 2.24) is 9.97 Å². The molecular formula is C24H28N4O. The molecule has 0 fully saturated rings. The molecule has 0 saturated carbocycles. The number of benzene rings is 2. The van der Waals surface area contributed by atoms with Gasteiger partial charge < -0.3 is 10.2 Å². The maximum atomic E-state index is 12.7. The molecule has 0 radical (unpaired) electrons. The average molecular weight is 389 g/mol. The van der Waals surface area contributed by atoms with Crippen LogP contribution in [0.2, 0.25) is 0 Å². The van der Waals surface area contributed by atoms with E-state index in [1.54, 1.807) is 12.4 Å². The molecule has 3 aromatic rings. The Hall–Kier alpha value is -3.21. The van der Waals surface area contributed by atoms with Crippen LogP contribution in [-0.4, -0.2) is 21.9 Å². The predicted octanol–water partition coefficient (Wildman–Crippen LogP) is 5.01. The van der Waals surface area contributed by atoms with Crippen molar-refractivity contribution in [2.75, 3.05) is 10.2 Å². The number of para-hydroxylation sites is 1. The molecule has 3 rings (SSSR count). The maximum absolute atomic E-state index is 12.7. The van der Waals surface area contributed by atoms with E-state index in [0.717, 1.165) is 23.2 Å². The van der Waals surface area contributed by atoms with Gasteiger partial charge in [0.25, 0.3) is 5.91 Å². The minimum absolute atomic E-state index is 0.195. The second-order valence-electron chi connectivity index (χ2n) is 7.40. The van der Waals surface area contributed by atoms with Crippen LogP contribution in [0.25, 0.3) is 0 Å². The zero-order valence-electron chi connectivity index (χ0n) is 17.5. The maximum Gasteiger partial charge on any atom is 0.258 e.